The Labute approximate surface area is 187 Å². The molecule has 0 unspecified atom stereocenters. The number of aliphatic imine (C=N–C) groups is 1. The zero-order chi connectivity index (χ0) is 22.2. The van der Waals surface area contributed by atoms with Gasteiger partial charge in [0.15, 0.2) is 5.96 Å². The molecule has 1 saturated heterocycles. The van der Waals surface area contributed by atoms with E-state index in [0.717, 1.165) is 50.1 Å². The molecule has 0 radical (unpaired) electrons. The number of piperazine rings is 1. The number of guanidine groups is 1. The second-order valence-electron chi connectivity index (χ2n) is 7.40. The average Bonchev–Trinajstić information content (AvgIpc) is 2.83. The predicted octanol–water partition coefficient (Wildman–Crippen LogP) is 3.70. The Morgan fingerprint density at radius 2 is 1.94 bits per heavy atom. The van der Waals surface area contributed by atoms with Crippen LogP contribution in [0.15, 0.2) is 72.0 Å². The smallest absolute Gasteiger partial charge is 0.219 e. The van der Waals surface area contributed by atoms with Gasteiger partial charge in [0.2, 0.25) is 5.88 Å². The summed E-state index contributed by atoms with van der Waals surface area (Å²) in [4.78, 5) is 18.1. The van der Waals surface area contributed by atoms with E-state index in [1.807, 2.05) is 30.5 Å². The maximum absolute atomic E-state index is 13.3. The fraction of sp³-hybridized carbons (Fsp3) is 0.292. The number of hydrogen-bond acceptors (Lipinski definition) is 5. The number of halogens is 1. The molecule has 0 saturated carbocycles. The molecule has 32 heavy (non-hydrogen) atoms. The van der Waals surface area contributed by atoms with Gasteiger partial charge in [0.25, 0.3) is 0 Å². The molecule has 0 amide bonds. The fourth-order valence-electron chi connectivity index (χ4n) is 3.50. The van der Waals surface area contributed by atoms with Crippen LogP contribution < -0.4 is 15.0 Å². The van der Waals surface area contributed by atoms with Crippen LogP contribution in [0.2, 0.25) is 0 Å². The Balaban J connectivity index is 1.35. The van der Waals surface area contributed by atoms with Gasteiger partial charge in [-0.1, -0.05) is 18.2 Å². The molecule has 0 spiro atoms. The lowest BCUT2D eigenvalue weighted by atomic mass is 10.3. The standard InChI is InChI=1S/C24H27FN6O/c1-2-26-24(31-14-12-30(13-15-31)22-8-3-4-11-27-22)29-18-19-9-10-23(28-17-19)32-21-7-5-6-20(25)16-21/h3-11,16-17H,2,12-15,18H2,1H3,(H,26,29). The van der Waals surface area contributed by atoms with Gasteiger partial charge in [-0.05, 0) is 36.8 Å². The molecule has 0 bridgehead atoms. The molecule has 3 aromatic rings. The molecule has 1 N–H and O–H groups in total. The van der Waals surface area contributed by atoms with Crippen molar-refractivity contribution >= 4 is 11.8 Å². The first-order valence-corrected chi connectivity index (χ1v) is 10.8. The van der Waals surface area contributed by atoms with Crippen molar-refractivity contribution in [3.8, 4) is 11.6 Å². The van der Waals surface area contributed by atoms with Gasteiger partial charge in [0, 0.05) is 57.3 Å². The van der Waals surface area contributed by atoms with Gasteiger partial charge in [0.05, 0.1) is 6.54 Å². The van der Waals surface area contributed by atoms with Crippen molar-refractivity contribution in [1.29, 1.82) is 0 Å². The van der Waals surface area contributed by atoms with E-state index in [4.69, 9.17) is 9.73 Å². The molecule has 0 atom stereocenters. The van der Waals surface area contributed by atoms with Crippen molar-refractivity contribution in [1.82, 2.24) is 20.2 Å². The Morgan fingerprint density at radius 3 is 2.62 bits per heavy atom. The summed E-state index contributed by atoms with van der Waals surface area (Å²) < 4.78 is 18.9. The highest BCUT2D eigenvalue weighted by molar-refractivity contribution is 5.80. The molecule has 3 heterocycles. The highest BCUT2D eigenvalue weighted by Gasteiger charge is 2.20. The molecule has 0 aliphatic carbocycles. The third kappa shape index (κ3) is 5.72. The van der Waals surface area contributed by atoms with Gasteiger partial charge in [-0.25, -0.2) is 19.4 Å². The van der Waals surface area contributed by atoms with Gasteiger partial charge in [-0.15, -0.1) is 0 Å². The number of nitrogens with zero attached hydrogens (tertiary/aromatic N) is 5. The maximum Gasteiger partial charge on any atom is 0.219 e. The third-order valence-electron chi connectivity index (χ3n) is 5.11. The van der Waals surface area contributed by atoms with E-state index >= 15 is 0 Å². The second kappa shape index (κ2) is 10.6. The summed E-state index contributed by atoms with van der Waals surface area (Å²) >= 11 is 0. The van der Waals surface area contributed by atoms with E-state index in [-0.39, 0.29) is 5.82 Å². The Morgan fingerprint density at radius 1 is 1.06 bits per heavy atom. The molecule has 2 aromatic heterocycles. The molecule has 166 valence electrons. The summed E-state index contributed by atoms with van der Waals surface area (Å²) in [5, 5.41) is 3.39. The van der Waals surface area contributed by atoms with Crippen LogP contribution in [0.3, 0.4) is 0 Å². The monoisotopic (exact) mass is 434 g/mol. The van der Waals surface area contributed by atoms with Crippen LogP contribution in [0.1, 0.15) is 12.5 Å². The van der Waals surface area contributed by atoms with Crippen LogP contribution >= 0.6 is 0 Å². The fourth-order valence-corrected chi connectivity index (χ4v) is 3.50. The van der Waals surface area contributed by atoms with E-state index in [9.17, 15) is 4.39 Å². The largest absolute Gasteiger partial charge is 0.439 e. The molecule has 1 aliphatic rings. The normalized spacial score (nSPS) is 14.4. The number of anilines is 1. The second-order valence-corrected chi connectivity index (χ2v) is 7.40. The summed E-state index contributed by atoms with van der Waals surface area (Å²) in [6.07, 6.45) is 3.57. The first kappa shape index (κ1) is 21.5. The Bertz CT molecular complexity index is 1020. The highest BCUT2D eigenvalue weighted by Crippen LogP contribution is 2.20. The van der Waals surface area contributed by atoms with Crippen LogP contribution in [0.4, 0.5) is 10.2 Å². The van der Waals surface area contributed by atoms with E-state index in [1.165, 1.54) is 12.1 Å². The lowest BCUT2D eigenvalue weighted by Gasteiger charge is -2.37. The molecular weight excluding hydrogens is 407 g/mol. The minimum Gasteiger partial charge on any atom is -0.439 e. The zero-order valence-electron chi connectivity index (χ0n) is 18.1. The molecule has 1 aromatic carbocycles. The van der Waals surface area contributed by atoms with Gasteiger partial charge >= 0.3 is 0 Å². The number of hydrogen-bond donors (Lipinski definition) is 1. The topological polar surface area (TPSA) is 65.9 Å². The van der Waals surface area contributed by atoms with Crippen LogP contribution in [-0.2, 0) is 6.54 Å². The molecule has 7 nitrogen and oxygen atoms in total. The minimum atomic E-state index is -0.342. The first-order valence-electron chi connectivity index (χ1n) is 10.8. The Hall–Kier alpha value is -3.68. The first-order chi connectivity index (χ1) is 15.7. The minimum absolute atomic E-state index is 0.342. The number of nitrogens with one attached hydrogen (secondary N) is 1. The molecule has 1 fully saturated rings. The number of benzene rings is 1. The van der Waals surface area contributed by atoms with E-state index < -0.39 is 0 Å². The number of pyridine rings is 2. The highest BCUT2D eigenvalue weighted by atomic mass is 19.1. The SMILES string of the molecule is CCNC(=NCc1ccc(Oc2cccc(F)c2)nc1)N1CCN(c2ccccn2)CC1. The summed E-state index contributed by atoms with van der Waals surface area (Å²) in [7, 11) is 0. The predicted molar refractivity (Wildman–Crippen MR) is 124 cm³/mol. The Kier molecular flexibility index (Phi) is 7.12. The van der Waals surface area contributed by atoms with Crippen molar-refractivity contribution in [3.05, 3.63) is 78.4 Å². The van der Waals surface area contributed by atoms with E-state index in [2.05, 4.69) is 32.0 Å². The third-order valence-corrected chi connectivity index (χ3v) is 5.11. The lowest BCUT2D eigenvalue weighted by Crippen LogP contribution is -2.52. The van der Waals surface area contributed by atoms with E-state index in [1.54, 1.807) is 24.4 Å². The number of aromatic nitrogens is 2. The molecule has 8 heteroatoms. The molecule has 1 aliphatic heterocycles. The molecule has 4 rings (SSSR count). The van der Waals surface area contributed by atoms with Crippen LogP contribution in [0.5, 0.6) is 11.6 Å². The van der Waals surface area contributed by atoms with Gasteiger partial charge in [0.1, 0.15) is 17.4 Å². The van der Waals surface area contributed by atoms with Gasteiger partial charge in [-0.2, -0.15) is 0 Å². The van der Waals surface area contributed by atoms with Crippen molar-refractivity contribution < 1.29 is 9.13 Å². The zero-order valence-corrected chi connectivity index (χ0v) is 18.1. The van der Waals surface area contributed by atoms with Crippen molar-refractivity contribution in [3.63, 3.8) is 0 Å². The van der Waals surface area contributed by atoms with Gasteiger partial charge < -0.3 is 19.9 Å². The van der Waals surface area contributed by atoms with Crippen molar-refractivity contribution in [2.45, 2.75) is 13.5 Å². The quantitative estimate of drug-likeness (QED) is 0.472. The number of ether oxygens (including phenoxy) is 1. The van der Waals surface area contributed by atoms with Crippen LogP contribution in [0, 0.1) is 5.82 Å². The summed E-state index contributed by atoms with van der Waals surface area (Å²) in [5.41, 5.74) is 0.971. The maximum atomic E-state index is 13.3. The van der Waals surface area contributed by atoms with Crippen LogP contribution in [-0.4, -0.2) is 53.6 Å². The molecular formula is C24H27FN6O. The van der Waals surface area contributed by atoms with Crippen LogP contribution in [0.25, 0.3) is 0 Å². The van der Waals surface area contributed by atoms with Crippen molar-refractivity contribution in [2.24, 2.45) is 4.99 Å². The summed E-state index contributed by atoms with van der Waals surface area (Å²) in [5.74, 6) is 2.41. The summed E-state index contributed by atoms with van der Waals surface area (Å²) in [6, 6.07) is 15.7. The van der Waals surface area contributed by atoms with Gasteiger partial charge in [-0.3, -0.25) is 0 Å². The lowest BCUT2D eigenvalue weighted by molar-refractivity contribution is 0.371. The average molecular weight is 435 g/mol. The summed E-state index contributed by atoms with van der Waals surface area (Å²) in [6.45, 7) is 6.93. The van der Waals surface area contributed by atoms with Crippen molar-refractivity contribution in [2.75, 3.05) is 37.6 Å². The number of rotatable bonds is 6. The van der Waals surface area contributed by atoms with E-state index in [0.29, 0.717) is 18.2 Å².